The maximum atomic E-state index is 12.6. The van der Waals surface area contributed by atoms with Gasteiger partial charge in [-0.3, -0.25) is 4.79 Å². The van der Waals surface area contributed by atoms with Crippen molar-refractivity contribution >= 4 is 50.7 Å². The van der Waals surface area contributed by atoms with Gasteiger partial charge in [0, 0.05) is 13.2 Å². The number of hydrogen-bond donors (Lipinski definition) is 0. The topological polar surface area (TPSA) is 46.1 Å². The highest BCUT2D eigenvalue weighted by molar-refractivity contribution is 7.18. The molecule has 3 rings (SSSR count). The first kappa shape index (κ1) is 16.2. The average molecular weight is 366 g/mol. The molecule has 0 spiro atoms. The fourth-order valence-corrected chi connectivity index (χ4v) is 3.48. The third-order valence-corrected chi connectivity index (χ3v) is 5.51. The SMILES string of the molecule is CC(c1nc2ccccc2s1)N(C)C(=O)c1cnc(Cl)c(Cl)c1. The van der Waals surface area contributed by atoms with E-state index in [4.69, 9.17) is 23.2 Å². The van der Waals surface area contributed by atoms with E-state index in [0.29, 0.717) is 5.56 Å². The minimum Gasteiger partial charge on any atom is -0.332 e. The normalized spacial score (nSPS) is 12.3. The van der Waals surface area contributed by atoms with Crippen LogP contribution in [0.25, 0.3) is 10.2 Å². The smallest absolute Gasteiger partial charge is 0.255 e. The van der Waals surface area contributed by atoms with Crippen molar-refractivity contribution in [3.05, 3.63) is 57.3 Å². The number of hydrogen-bond acceptors (Lipinski definition) is 4. The lowest BCUT2D eigenvalue weighted by Crippen LogP contribution is -2.29. The van der Waals surface area contributed by atoms with Gasteiger partial charge in [0.1, 0.15) is 10.2 Å². The maximum Gasteiger partial charge on any atom is 0.255 e. The molecule has 7 heteroatoms. The van der Waals surface area contributed by atoms with Gasteiger partial charge in [-0.05, 0) is 25.1 Å². The fraction of sp³-hybridized carbons (Fsp3) is 0.188. The Balaban J connectivity index is 1.87. The molecular weight excluding hydrogens is 353 g/mol. The van der Waals surface area contributed by atoms with E-state index in [1.165, 1.54) is 12.3 Å². The van der Waals surface area contributed by atoms with Gasteiger partial charge in [-0.1, -0.05) is 35.3 Å². The summed E-state index contributed by atoms with van der Waals surface area (Å²) in [7, 11) is 1.74. The second-order valence-electron chi connectivity index (χ2n) is 5.11. The van der Waals surface area contributed by atoms with Crippen molar-refractivity contribution in [2.45, 2.75) is 13.0 Å². The number of aromatic nitrogens is 2. The molecule has 1 atom stereocenters. The lowest BCUT2D eigenvalue weighted by Gasteiger charge is -2.23. The number of carbonyl (C=O) groups excluding carboxylic acids is 1. The maximum absolute atomic E-state index is 12.6. The molecule has 2 heterocycles. The van der Waals surface area contributed by atoms with Crippen LogP contribution in [0.3, 0.4) is 0 Å². The first-order valence-electron chi connectivity index (χ1n) is 6.91. The lowest BCUT2D eigenvalue weighted by molar-refractivity contribution is 0.0742. The van der Waals surface area contributed by atoms with E-state index in [-0.39, 0.29) is 22.1 Å². The first-order valence-corrected chi connectivity index (χ1v) is 8.48. The lowest BCUT2D eigenvalue weighted by atomic mass is 10.2. The van der Waals surface area contributed by atoms with Crippen LogP contribution in [0.2, 0.25) is 10.2 Å². The molecule has 0 aliphatic heterocycles. The van der Waals surface area contributed by atoms with E-state index < -0.39 is 0 Å². The molecule has 23 heavy (non-hydrogen) atoms. The molecule has 0 N–H and O–H groups in total. The van der Waals surface area contributed by atoms with Crippen LogP contribution in [0.15, 0.2) is 36.5 Å². The van der Waals surface area contributed by atoms with Gasteiger partial charge in [-0.25, -0.2) is 9.97 Å². The van der Waals surface area contributed by atoms with Crippen LogP contribution in [0.1, 0.15) is 28.3 Å². The molecule has 0 bridgehead atoms. The molecule has 0 saturated carbocycles. The summed E-state index contributed by atoms with van der Waals surface area (Å²) in [6, 6.07) is 9.29. The molecule has 1 aromatic carbocycles. The zero-order valence-corrected chi connectivity index (χ0v) is 14.8. The monoisotopic (exact) mass is 365 g/mol. The van der Waals surface area contributed by atoms with Crippen LogP contribution >= 0.6 is 34.5 Å². The summed E-state index contributed by atoms with van der Waals surface area (Å²) in [5.74, 6) is -0.178. The highest BCUT2D eigenvalue weighted by Crippen LogP contribution is 2.30. The summed E-state index contributed by atoms with van der Waals surface area (Å²) in [5.41, 5.74) is 1.34. The number of carbonyl (C=O) groups is 1. The number of fused-ring (bicyclic) bond motifs is 1. The molecule has 0 radical (unpaired) electrons. The summed E-state index contributed by atoms with van der Waals surface area (Å²) in [6.07, 6.45) is 1.43. The van der Waals surface area contributed by atoms with Crippen LogP contribution < -0.4 is 0 Å². The molecule has 0 saturated heterocycles. The molecule has 118 valence electrons. The Bertz CT molecular complexity index is 848. The minimum absolute atomic E-state index is 0.158. The molecule has 3 aromatic rings. The van der Waals surface area contributed by atoms with Gasteiger partial charge in [0.05, 0.1) is 26.8 Å². The Morgan fingerprint density at radius 1 is 1.30 bits per heavy atom. The van der Waals surface area contributed by atoms with Gasteiger partial charge < -0.3 is 4.90 Å². The Hall–Kier alpha value is -1.69. The largest absolute Gasteiger partial charge is 0.332 e. The zero-order chi connectivity index (χ0) is 16.6. The predicted octanol–water partition coefficient (Wildman–Crippen LogP) is 4.83. The number of rotatable bonds is 3. The summed E-state index contributed by atoms with van der Waals surface area (Å²) in [6.45, 7) is 1.95. The molecule has 0 aliphatic carbocycles. The average Bonchev–Trinajstić information content (AvgIpc) is 2.99. The summed E-state index contributed by atoms with van der Waals surface area (Å²) in [4.78, 5) is 22.7. The van der Waals surface area contributed by atoms with Crippen molar-refractivity contribution < 1.29 is 4.79 Å². The van der Waals surface area contributed by atoms with Gasteiger partial charge in [0.25, 0.3) is 5.91 Å². The van der Waals surface area contributed by atoms with Gasteiger partial charge in [-0.2, -0.15) is 0 Å². The van der Waals surface area contributed by atoms with Crippen LogP contribution in [0.4, 0.5) is 0 Å². The first-order chi connectivity index (χ1) is 11.0. The third kappa shape index (κ3) is 3.17. The number of amides is 1. The molecule has 0 aliphatic rings. The minimum atomic E-state index is -0.178. The van der Waals surface area contributed by atoms with Crippen LogP contribution in [-0.2, 0) is 0 Å². The summed E-state index contributed by atoms with van der Waals surface area (Å²) >= 11 is 13.3. The van der Waals surface area contributed by atoms with Crippen molar-refractivity contribution in [2.75, 3.05) is 7.05 Å². The zero-order valence-electron chi connectivity index (χ0n) is 12.5. The van der Waals surface area contributed by atoms with Crippen molar-refractivity contribution in [2.24, 2.45) is 0 Å². The van der Waals surface area contributed by atoms with Crippen molar-refractivity contribution in [3.8, 4) is 0 Å². The Labute approximate surface area is 147 Å². The van der Waals surface area contributed by atoms with E-state index in [1.807, 2.05) is 31.2 Å². The molecule has 2 aromatic heterocycles. The Morgan fingerprint density at radius 2 is 2.04 bits per heavy atom. The van der Waals surface area contributed by atoms with E-state index in [2.05, 4.69) is 9.97 Å². The molecule has 4 nitrogen and oxygen atoms in total. The fourth-order valence-electron chi connectivity index (χ4n) is 2.15. The van der Waals surface area contributed by atoms with Gasteiger partial charge in [0.15, 0.2) is 0 Å². The molecule has 0 fully saturated rings. The van der Waals surface area contributed by atoms with Crippen LogP contribution in [0, 0.1) is 0 Å². The van der Waals surface area contributed by atoms with Crippen molar-refractivity contribution in [1.29, 1.82) is 0 Å². The van der Waals surface area contributed by atoms with E-state index in [9.17, 15) is 4.79 Å². The van der Waals surface area contributed by atoms with E-state index >= 15 is 0 Å². The Kier molecular flexibility index (Phi) is 4.53. The standard InChI is InChI=1S/C16H13Cl2N3OS/c1-9(15-20-12-5-3-4-6-13(12)23-15)21(2)16(22)10-7-11(17)14(18)19-8-10/h3-9H,1-2H3. The van der Waals surface area contributed by atoms with Crippen molar-refractivity contribution in [1.82, 2.24) is 14.9 Å². The Morgan fingerprint density at radius 3 is 2.74 bits per heavy atom. The second-order valence-corrected chi connectivity index (χ2v) is 6.94. The number of thiazole rings is 1. The summed E-state index contributed by atoms with van der Waals surface area (Å²) < 4.78 is 1.10. The van der Waals surface area contributed by atoms with Gasteiger partial charge in [0.2, 0.25) is 0 Å². The van der Waals surface area contributed by atoms with E-state index in [1.54, 1.807) is 23.3 Å². The number of nitrogens with zero attached hydrogens (tertiary/aromatic N) is 3. The quantitative estimate of drug-likeness (QED) is 0.624. The summed E-state index contributed by atoms with van der Waals surface area (Å²) in [5, 5.41) is 1.33. The second kappa shape index (κ2) is 6.43. The number of pyridine rings is 1. The molecular formula is C16H13Cl2N3OS. The van der Waals surface area contributed by atoms with Gasteiger partial charge in [-0.15, -0.1) is 11.3 Å². The van der Waals surface area contributed by atoms with E-state index in [0.717, 1.165) is 15.2 Å². The van der Waals surface area contributed by atoms with Crippen LogP contribution in [0.5, 0.6) is 0 Å². The van der Waals surface area contributed by atoms with Crippen LogP contribution in [-0.4, -0.2) is 27.8 Å². The number of benzene rings is 1. The molecule has 1 unspecified atom stereocenters. The predicted molar refractivity (Wildman–Crippen MR) is 94.4 cm³/mol. The number of halogens is 2. The highest BCUT2D eigenvalue weighted by atomic mass is 35.5. The third-order valence-electron chi connectivity index (χ3n) is 3.61. The highest BCUT2D eigenvalue weighted by Gasteiger charge is 2.22. The number of para-hydroxylation sites is 1. The van der Waals surface area contributed by atoms with Crippen molar-refractivity contribution in [3.63, 3.8) is 0 Å². The molecule has 1 amide bonds. The van der Waals surface area contributed by atoms with Gasteiger partial charge >= 0.3 is 0 Å².